The number of ether oxygens (including phenoxy) is 2. The van der Waals surface area contributed by atoms with Crippen LogP contribution in [0.2, 0.25) is 0 Å². The van der Waals surface area contributed by atoms with Crippen LogP contribution in [-0.2, 0) is 4.79 Å². The van der Waals surface area contributed by atoms with Crippen molar-refractivity contribution < 1.29 is 19.4 Å². The molecule has 0 saturated carbocycles. The van der Waals surface area contributed by atoms with Gasteiger partial charge in [0, 0.05) is 24.6 Å². The minimum Gasteiger partial charge on any atom is -0.495 e. The van der Waals surface area contributed by atoms with Gasteiger partial charge in [-0.25, -0.2) is 0 Å². The molecule has 1 saturated heterocycles. The lowest BCUT2D eigenvalue weighted by atomic mass is 9.85. The molecule has 2 heterocycles. The van der Waals surface area contributed by atoms with Crippen molar-refractivity contribution in [2.24, 2.45) is 0 Å². The molecule has 6 heteroatoms. The van der Waals surface area contributed by atoms with Crippen LogP contribution in [-0.4, -0.2) is 41.3 Å². The highest BCUT2D eigenvalue weighted by Gasteiger charge is 2.47. The van der Waals surface area contributed by atoms with Crippen molar-refractivity contribution in [3.8, 4) is 11.5 Å². The highest BCUT2D eigenvalue weighted by atomic mass is 79.9. The van der Waals surface area contributed by atoms with E-state index in [1.54, 1.807) is 18.1 Å². The predicted molar refractivity (Wildman–Crippen MR) is 85.1 cm³/mol. The van der Waals surface area contributed by atoms with Gasteiger partial charge in [-0.1, -0.05) is 0 Å². The van der Waals surface area contributed by atoms with E-state index < -0.39 is 17.7 Å². The summed E-state index contributed by atoms with van der Waals surface area (Å²) < 4.78 is 12.1. The standard InChI is InChI=1S/C16H20BrNO4/c1-16(2)15(20)14(18-6-4-5-13(18)19)9-7-10(17)12(21-3)8-11(9)22-16/h7-8,14-15,20H,4-6H2,1-3H3/t14-,15+/m0/s1. The van der Waals surface area contributed by atoms with Gasteiger partial charge in [-0.15, -0.1) is 0 Å². The number of methoxy groups -OCH3 is 1. The Bertz CT molecular complexity index is 616. The summed E-state index contributed by atoms with van der Waals surface area (Å²) in [5.74, 6) is 1.40. The minimum absolute atomic E-state index is 0.0830. The number of aliphatic hydroxyl groups excluding tert-OH is 1. The maximum Gasteiger partial charge on any atom is 0.223 e. The van der Waals surface area contributed by atoms with Gasteiger partial charge < -0.3 is 19.5 Å². The van der Waals surface area contributed by atoms with Crippen molar-refractivity contribution in [1.29, 1.82) is 0 Å². The number of hydrogen-bond donors (Lipinski definition) is 1. The van der Waals surface area contributed by atoms with Crippen LogP contribution < -0.4 is 9.47 Å². The van der Waals surface area contributed by atoms with Crippen LogP contribution in [0.1, 0.15) is 38.3 Å². The van der Waals surface area contributed by atoms with Gasteiger partial charge in [0.25, 0.3) is 0 Å². The van der Waals surface area contributed by atoms with Crippen LogP contribution in [0.25, 0.3) is 0 Å². The Morgan fingerprint density at radius 2 is 2.18 bits per heavy atom. The number of nitrogens with zero attached hydrogens (tertiary/aromatic N) is 1. The van der Waals surface area contributed by atoms with Gasteiger partial charge >= 0.3 is 0 Å². The van der Waals surface area contributed by atoms with Gasteiger partial charge in [-0.2, -0.15) is 0 Å². The van der Waals surface area contributed by atoms with Crippen LogP contribution in [0.3, 0.4) is 0 Å². The van der Waals surface area contributed by atoms with Gasteiger partial charge in [0.1, 0.15) is 23.2 Å². The number of halogens is 1. The van der Waals surface area contributed by atoms with E-state index in [2.05, 4.69) is 15.9 Å². The Balaban J connectivity index is 2.13. The summed E-state index contributed by atoms with van der Waals surface area (Å²) in [5.41, 5.74) is 0.0362. The lowest BCUT2D eigenvalue weighted by molar-refractivity contribution is -0.139. The molecule has 0 spiro atoms. The average Bonchev–Trinajstić information content (AvgIpc) is 2.86. The number of likely N-dealkylation sites (tertiary alicyclic amines) is 1. The van der Waals surface area contributed by atoms with E-state index in [0.29, 0.717) is 24.5 Å². The number of carbonyl (C=O) groups is 1. The smallest absolute Gasteiger partial charge is 0.223 e. The van der Waals surface area contributed by atoms with Gasteiger partial charge in [0.05, 0.1) is 17.6 Å². The Kier molecular flexibility index (Phi) is 3.85. The van der Waals surface area contributed by atoms with E-state index in [4.69, 9.17) is 9.47 Å². The highest BCUT2D eigenvalue weighted by molar-refractivity contribution is 9.10. The third-order valence-electron chi connectivity index (χ3n) is 4.43. The zero-order valence-corrected chi connectivity index (χ0v) is 14.5. The Morgan fingerprint density at radius 3 is 2.77 bits per heavy atom. The van der Waals surface area contributed by atoms with Crippen LogP contribution in [0.15, 0.2) is 16.6 Å². The molecule has 1 N–H and O–H groups in total. The molecule has 2 aliphatic rings. The van der Waals surface area contributed by atoms with Crippen molar-refractivity contribution in [2.45, 2.75) is 44.4 Å². The number of hydrogen-bond acceptors (Lipinski definition) is 4. The molecule has 22 heavy (non-hydrogen) atoms. The zero-order chi connectivity index (χ0) is 16.1. The van der Waals surface area contributed by atoms with E-state index >= 15 is 0 Å². The van der Waals surface area contributed by atoms with E-state index in [9.17, 15) is 9.90 Å². The zero-order valence-electron chi connectivity index (χ0n) is 12.9. The number of amides is 1. The molecule has 2 atom stereocenters. The number of benzene rings is 1. The third-order valence-corrected chi connectivity index (χ3v) is 5.05. The van der Waals surface area contributed by atoms with E-state index in [1.807, 2.05) is 19.9 Å². The number of rotatable bonds is 2. The van der Waals surface area contributed by atoms with Crippen LogP contribution >= 0.6 is 15.9 Å². The number of aliphatic hydroxyl groups is 1. The molecule has 1 fully saturated rings. The fourth-order valence-electron chi connectivity index (χ4n) is 3.22. The quantitative estimate of drug-likeness (QED) is 0.870. The number of carbonyl (C=O) groups excluding carboxylic acids is 1. The molecule has 0 radical (unpaired) electrons. The molecule has 1 aromatic rings. The molecule has 1 amide bonds. The summed E-state index contributed by atoms with van der Waals surface area (Å²) in [7, 11) is 1.59. The molecule has 0 unspecified atom stereocenters. The monoisotopic (exact) mass is 369 g/mol. The summed E-state index contributed by atoms with van der Waals surface area (Å²) in [4.78, 5) is 14.0. The summed E-state index contributed by atoms with van der Waals surface area (Å²) >= 11 is 3.47. The fraction of sp³-hybridized carbons (Fsp3) is 0.562. The first kappa shape index (κ1) is 15.6. The van der Waals surface area contributed by atoms with Gasteiger partial charge in [0.2, 0.25) is 5.91 Å². The maximum atomic E-state index is 12.2. The second-order valence-corrected chi connectivity index (χ2v) is 7.16. The molecular weight excluding hydrogens is 350 g/mol. The molecule has 0 aromatic heterocycles. The summed E-state index contributed by atoms with van der Waals surface area (Å²) in [6.45, 7) is 4.34. The molecule has 0 bridgehead atoms. The van der Waals surface area contributed by atoms with Crippen molar-refractivity contribution >= 4 is 21.8 Å². The predicted octanol–water partition coefficient (Wildman–Crippen LogP) is 2.65. The first-order chi connectivity index (χ1) is 10.3. The topological polar surface area (TPSA) is 59.0 Å². The summed E-state index contributed by atoms with van der Waals surface area (Å²) in [6, 6.07) is 3.29. The molecule has 0 aliphatic carbocycles. The Labute approximate surface area is 138 Å². The van der Waals surface area contributed by atoms with Crippen LogP contribution in [0, 0.1) is 0 Å². The largest absolute Gasteiger partial charge is 0.495 e. The normalized spacial score (nSPS) is 26.6. The molecule has 5 nitrogen and oxygen atoms in total. The average molecular weight is 370 g/mol. The van der Waals surface area contributed by atoms with Gasteiger partial charge in [-0.05, 0) is 42.3 Å². The molecule has 2 aliphatic heterocycles. The van der Waals surface area contributed by atoms with Crippen molar-refractivity contribution in [3.05, 3.63) is 22.2 Å². The van der Waals surface area contributed by atoms with E-state index in [1.165, 1.54) is 0 Å². The lowest BCUT2D eigenvalue weighted by Gasteiger charge is -2.45. The maximum absolute atomic E-state index is 12.2. The minimum atomic E-state index is -0.789. The summed E-state index contributed by atoms with van der Waals surface area (Å²) in [5, 5.41) is 10.8. The summed E-state index contributed by atoms with van der Waals surface area (Å²) in [6.07, 6.45) is 0.579. The Morgan fingerprint density at radius 1 is 1.45 bits per heavy atom. The fourth-order valence-corrected chi connectivity index (χ4v) is 3.74. The van der Waals surface area contributed by atoms with Gasteiger partial charge in [0.15, 0.2) is 0 Å². The highest BCUT2D eigenvalue weighted by Crippen LogP contribution is 2.47. The first-order valence-electron chi connectivity index (χ1n) is 7.39. The van der Waals surface area contributed by atoms with Crippen molar-refractivity contribution in [3.63, 3.8) is 0 Å². The second kappa shape index (κ2) is 5.42. The Hall–Kier alpha value is -1.27. The second-order valence-electron chi connectivity index (χ2n) is 6.31. The SMILES string of the molecule is COc1cc2c(cc1Br)[C@H](N1CCCC1=O)[C@@H](O)C(C)(C)O2. The number of fused-ring (bicyclic) bond motifs is 1. The molecular formula is C16H20BrNO4. The first-order valence-corrected chi connectivity index (χ1v) is 8.18. The van der Waals surface area contributed by atoms with Crippen LogP contribution in [0.4, 0.5) is 0 Å². The molecule has 1 aromatic carbocycles. The third kappa shape index (κ3) is 2.38. The van der Waals surface area contributed by atoms with E-state index in [0.717, 1.165) is 16.5 Å². The van der Waals surface area contributed by atoms with Crippen molar-refractivity contribution in [2.75, 3.05) is 13.7 Å². The van der Waals surface area contributed by atoms with Crippen LogP contribution in [0.5, 0.6) is 11.5 Å². The lowest BCUT2D eigenvalue weighted by Crippen LogP contribution is -2.53. The van der Waals surface area contributed by atoms with Gasteiger partial charge in [-0.3, -0.25) is 4.79 Å². The van der Waals surface area contributed by atoms with E-state index in [-0.39, 0.29) is 5.91 Å². The van der Waals surface area contributed by atoms with Crippen molar-refractivity contribution in [1.82, 2.24) is 4.90 Å². The molecule has 120 valence electrons. The molecule has 3 rings (SSSR count).